The molecule has 0 aliphatic carbocycles. The van der Waals surface area contributed by atoms with Crippen LogP contribution in [0.4, 0.5) is 0 Å². The summed E-state index contributed by atoms with van der Waals surface area (Å²) in [5, 5.41) is 15.4. The molecule has 0 saturated carbocycles. The Morgan fingerprint density at radius 1 is 1.27 bits per heavy atom. The lowest BCUT2D eigenvalue weighted by Crippen LogP contribution is -2.31. The molecule has 0 aromatic carbocycles. The molecule has 0 fully saturated rings. The number of hydrogen-bond donors (Lipinski definition) is 3. The minimum Gasteiger partial charge on any atom is -0.392 e. The molecule has 4 nitrogen and oxygen atoms in total. The van der Waals surface area contributed by atoms with Crippen LogP contribution in [-0.4, -0.2) is 35.8 Å². The molecule has 0 spiro atoms. The largest absolute Gasteiger partial charge is 0.392 e. The third-order valence-corrected chi connectivity index (χ3v) is 2.00. The van der Waals surface area contributed by atoms with Crippen LogP contribution in [-0.2, 0) is 6.54 Å². The van der Waals surface area contributed by atoms with Gasteiger partial charge < -0.3 is 15.7 Å². The molecule has 1 aromatic heterocycles. The standard InChI is InChI=1S/C11H19N3O/c1-10(15)8-13-6-7-14-9-11-2-4-12-5-3-11/h2-5,10,13-15H,6-9H2,1H3. The van der Waals surface area contributed by atoms with Gasteiger partial charge in [0.15, 0.2) is 0 Å². The maximum atomic E-state index is 9.00. The molecule has 0 saturated heterocycles. The van der Waals surface area contributed by atoms with E-state index in [1.54, 1.807) is 19.3 Å². The van der Waals surface area contributed by atoms with Crippen molar-refractivity contribution in [1.82, 2.24) is 15.6 Å². The van der Waals surface area contributed by atoms with Gasteiger partial charge in [0.25, 0.3) is 0 Å². The van der Waals surface area contributed by atoms with Crippen molar-refractivity contribution in [3.05, 3.63) is 30.1 Å². The molecule has 3 N–H and O–H groups in total. The van der Waals surface area contributed by atoms with E-state index in [0.29, 0.717) is 6.54 Å². The van der Waals surface area contributed by atoms with Gasteiger partial charge in [-0.15, -0.1) is 0 Å². The van der Waals surface area contributed by atoms with E-state index in [1.807, 2.05) is 12.1 Å². The highest BCUT2D eigenvalue weighted by molar-refractivity contribution is 5.08. The first-order valence-corrected chi connectivity index (χ1v) is 5.27. The number of aliphatic hydroxyl groups excluding tert-OH is 1. The van der Waals surface area contributed by atoms with E-state index in [-0.39, 0.29) is 6.10 Å². The minimum absolute atomic E-state index is 0.273. The first-order valence-electron chi connectivity index (χ1n) is 5.27. The van der Waals surface area contributed by atoms with Gasteiger partial charge in [-0.1, -0.05) is 0 Å². The molecule has 84 valence electrons. The van der Waals surface area contributed by atoms with E-state index in [4.69, 9.17) is 5.11 Å². The summed E-state index contributed by atoms with van der Waals surface area (Å²) in [6.07, 6.45) is 3.32. The Hall–Kier alpha value is -0.970. The summed E-state index contributed by atoms with van der Waals surface area (Å²) < 4.78 is 0. The molecule has 1 aromatic rings. The Kier molecular flexibility index (Phi) is 5.92. The van der Waals surface area contributed by atoms with Crippen molar-refractivity contribution >= 4 is 0 Å². The zero-order valence-electron chi connectivity index (χ0n) is 9.11. The maximum Gasteiger partial charge on any atom is 0.0636 e. The van der Waals surface area contributed by atoms with Crippen LogP contribution in [0.2, 0.25) is 0 Å². The average molecular weight is 209 g/mol. The number of aliphatic hydroxyl groups is 1. The van der Waals surface area contributed by atoms with Crippen molar-refractivity contribution in [2.24, 2.45) is 0 Å². The topological polar surface area (TPSA) is 57.2 Å². The Labute approximate surface area is 90.7 Å². The summed E-state index contributed by atoms with van der Waals surface area (Å²) >= 11 is 0. The highest BCUT2D eigenvalue weighted by Gasteiger charge is 1.94. The van der Waals surface area contributed by atoms with Gasteiger partial charge in [0.05, 0.1) is 6.10 Å². The monoisotopic (exact) mass is 209 g/mol. The third-order valence-electron chi connectivity index (χ3n) is 2.00. The predicted octanol–water partition coefficient (Wildman–Crippen LogP) is 0.142. The summed E-state index contributed by atoms with van der Waals surface area (Å²) in [5.41, 5.74) is 1.24. The van der Waals surface area contributed by atoms with Crippen LogP contribution >= 0.6 is 0 Å². The molecule has 0 aliphatic rings. The van der Waals surface area contributed by atoms with Crippen molar-refractivity contribution in [1.29, 1.82) is 0 Å². The van der Waals surface area contributed by atoms with Crippen molar-refractivity contribution < 1.29 is 5.11 Å². The molecule has 1 unspecified atom stereocenters. The van der Waals surface area contributed by atoms with Gasteiger partial charge in [0.1, 0.15) is 0 Å². The van der Waals surface area contributed by atoms with Crippen molar-refractivity contribution in [3.8, 4) is 0 Å². The second-order valence-corrected chi connectivity index (χ2v) is 3.59. The summed E-state index contributed by atoms with van der Waals surface area (Å²) in [6.45, 7) is 5.05. The van der Waals surface area contributed by atoms with Crippen LogP contribution < -0.4 is 10.6 Å². The maximum absolute atomic E-state index is 9.00. The van der Waals surface area contributed by atoms with Crippen LogP contribution in [0.15, 0.2) is 24.5 Å². The van der Waals surface area contributed by atoms with E-state index in [9.17, 15) is 0 Å². The molecule has 0 aliphatic heterocycles. The smallest absolute Gasteiger partial charge is 0.0636 e. The molecule has 1 rings (SSSR count). The van der Waals surface area contributed by atoms with Crippen molar-refractivity contribution in [2.45, 2.75) is 19.6 Å². The van der Waals surface area contributed by atoms with Gasteiger partial charge in [-0.05, 0) is 24.6 Å². The molecule has 1 atom stereocenters. The molecule has 0 amide bonds. The highest BCUT2D eigenvalue weighted by atomic mass is 16.3. The number of nitrogens with zero attached hydrogens (tertiary/aromatic N) is 1. The Morgan fingerprint density at radius 3 is 2.60 bits per heavy atom. The molecule has 1 heterocycles. The van der Waals surface area contributed by atoms with Gasteiger partial charge in [-0.3, -0.25) is 4.98 Å². The van der Waals surface area contributed by atoms with Crippen LogP contribution in [0, 0.1) is 0 Å². The second kappa shape index (κ2) is 7.34. The van der Waals surface area contributed by atoms with Crippen molar-refractivity contribution in [2.75, 3.05) is 19.6 Å². The average Bonchev–Trinajstić information content (AvgIpc) is 2.24. The van der Waals surface area contributed by atoms with Gasteiger partial charge in [-0.25, -0.2) is 0 Å². The van der Waals surface area contributed by atoms with Gasteiger partial charge in [0.2, 0.25) is 0 Å². The predicted molar refractivity (Wildman–Crippen MR) is 60.5 cm³/mol. The highest BCUT2D eigenvalue weighted by Crippen LogP contribution is 1.93. The first-order chi connectivity index (χ1) is 7.29. The fourth-order valence-electron chi connectivity index (χ4n) is 1.22. The van der Waals surface area contributed by atoms with Crippen molar-refractivity contribution in [3.63, 3.8) is 0 Å². The fraction of sp³-hybridized carbons (Fsp3) is 0.545. The molecular formula is C11H19N3O. The molecule has 0 bridgehead atoms. The van der Waals surface area contributed by atoms with Gasteiger partial charge >= 0.3 is 0 Å². The number of pyridine rings is 1. The normalized spacial score (nSPS) is 12.7. The molecule has 4 heteroatoms. The van der Waals surface area contributed by atoms with E-state index in [1.165, 1.54) is 5.56 Å². The number of rotatable bonds is 7. The Bertz CT molecular complexity index is 251. The SMILES string of the molecule is CC(O)CNCCNCc1ccncc1. The second-order valence-electron chi connectivity index (χ2n) is 3.59. The van der Waals surface area contributed by atoms with Gasteiger partial charge in [0, 0.05) is 38.6 Å². The third kappa shape index (κ3) is 6.17. The summed E-state index contributed by atoms with van der Waals surface area (Å²) in [4.78, 5) is 3.95. The zero-order chi connectivity index (χ0) is 10.9. The molecule has 0 radical (unpaired) electrons. The number of hydrogen-bond acceptors (Lipinski definition) is 4. The lowest BCUT2D eigenvalue weighted by Gasteiger charge is -2.07. The Balaban J connectivity index is 1.98. The fourth-order valence-corrected chi connectivity index (χ4v) is 1.22. The van der Waals surface area contributed by atoms with Crippen LogP contribution in [0.1, 0.15) is 12.5 Å². The van der Waals surface area contributed by atoms with E-state index < -0.39 is 0 Å². The lowest BCUT2D eigenvalue weighted by atomic mass is 10.3. The van der Waals surface area contributed by atoms with E-state index in [0.717, 1.165) is 19.6 Å². The first kappa shape index (κ1) is 12.1. The van der Waals surface area contributed by atoms with Crippen LogP contribution in [0.3, 0.4) is 0 Å². The van der Waals surface area contributed by atoms with Crippen LogP contribution in [0.5, 0.6) is 0 Å². The lowest BCUT2D eigenvalue weighted by molar-refractivity contribution is 0.191. The summed E-state index contributed by atoms with van der Waals surface area (Å²) in [5.74, 6) is 0. The molecule has 15 heavy (non-hydrogen) atoms. The van der Waals surface area contributed by atoms with Crippen LogP contribution in [0.25, 0.3) is 0 Å². The van der Waals surface area contributed by atoms with Gasteiger partial charge in [-0.2, -0.15) is 0 Å². The summed E-state index contributed by atoms with van der Waals surface area (Å²) in [7, 11) is 0. The van der Waals surface area contributed by atoms with E-state index in [2.05, 4.69) is 15.6 Å². The number of nitrogens with one attached hydrogen (secondary N) is 2. The minimum atomic E-state index is -0.273. The number of aromatic nitrogens is 1. The molecular weight excluding hydrogens is 190 g/mol. The zero-order valence-corrected chi connectivity index (χ0v) is 9.11. The van der Waals surface area contributed by atoms with E-state index >= 15 is 0 Å². The summed E-state index contributed by atoms with van der Waals surface area (Å²) in [6, 6.07) is 3.99. The quantitative estimate of drug-likeness (QED) is 0.559. The Morgan fingerprint density at radius 2 is 1.93 bits per heavy atom.